The van der Waals surface area contributed by atoms with Gasteiger partial charge in [-0.15, -0.1) is 0 Å². The summed E-state index contributed by atoms with van der Waals surface area (Å²) in [4.78, 5) is 0. The largest absolute Gasteiger partial charge is 0.347 e. The zero-order valence-corrected chi connectivity index (χ0v) is 31.9. The zero-order chi connectivity index (χ0) is 34.9. The van der Waals surface area contributed by atoms with E-state index in [1.54, 1.807) is 0 Å². The molecule has 0 spiro atoms. The summed E-state index contributed by atoms with van der Waals surface area (Å²) in [6.07, 6.45) is 53.9. The van der Waals surface area contributed by atoms with Crippen molar-refractivity contribution in [2.45, 2.75) is 173 Å². The van der Waals surface area contributed by atoms with Crippen LogP contribution in [0.2, 0.25) is 0 Å². The van der Waals surface area contributed by atoms with Crippen LogP contribution in [0.25, 0.3) is 0 Å². The number of ether oxygens (including phenoxy) is 2. The topological polar surface area (TPSA) is 61.8 Å². The molecule has 0 aliphatic carbocycles. The predicted molar refractivity (Wildman–Crippen MR) is 207 cm³/mol. The lowest BCUT2D eigenvalue weighted by Crippen LogP contribution is -2.31. The lowest BCUT2D eigenvalue weighted by Gasteiger charge is -2.28. The summed E-state index contributed by atoms with van der Waals surface area (Å²) in [5.41, 5.74) is 0. The van der Waals surface area contributed by atoms with E-state index in [0.29, 0.717) is 13.0 Å². The van der Waals surface area contributed by atoms with Gasteiger partial charge in [-0.1, -0.05) is 138 Å². The average molecular weight is 689 g/mol. The van der Waals surface area contributed by atoms with Crippen LogP contribution in [0.4, 0.5) is 0 Å². The molecule has 5 nitrogen and oxygen atoms in total. The fourth-order valence-corrected chi connectivity index (χ4v) is 6.26. The van der Waals surface area contributed by atoms with E-state index in [1.165, 1.54) is 77.0 Å². The molecule has 0 bridgehead atoms. The van der Waals surface area contributed by atoms with E-state index in [1.807, 2.05) is 0 Å². The van der Waals surface area contributed by atoms with Gasteiger partial charge in [-0.3, -0.25) is 4.18 Å². The van der Waals surface area contributed by atoms with Crippen LogP contribution in [-0.2, 0) is 23.8 Å². The van der Waals surface area contributed by atoms with E-state index < -0.39 is 15.9 Å². The Morgan fingerprint density at radius 2 is 0.979 bits per heavy atom. The first-order valence-electron chi connectivity index (χ1n) is 19.5. The molecule has 276 valence electrons. The Bertz CT molecular complexity index is 967. The highest BCUT2D eigenvalue weighted by atomic mass is 32.2. The van der Waals surface area contributed by atoms with E-state index >= 15 is 0 Å². The Hall–Kier alpha value is -1.73. The van der Waals surface area contributed by atoms with Gasteiger partial charge in [0, 0.05) is 19.3 Å². The SMILES string of the molecule is CC/C=C\C/C=C\C/C=C\CCCCCCCCC1(CCCCCCCC/C=C\C/C=C\C/C=C\CC)OCC(CCOS(C)(=O)=O)O1. The van der Waals surface area contributed by atoms with Gasteiger partial charge in [-0.2, -0.15) is 8.42 Å². The Balaban J connectivity index is 2.25. The van der Waals surface area contributed by atoms with Crippen molar-refractivity contribution in [2.24, 2.45) is 0 Å². The van der Waals surface area contributed by atoms with E-state index in [0.717, 1.165) is 70.5 Å². The summed E-state index contributed by atoms with van der Waals surface area (Å²) in [6.45, 7) is 5.00. The van der Waals surface area contributed by atoms with Gasteiger partial charge in [-0.25, -0.2) is 0 Å². The second-order valence-corrected chi connectivity index (χ2v) is 14.8. The van der Waals surface area contributed by atoms with Gasteiger partial charge in [0.15, 0.2) is 5.79 Å². The maximum absolute atomic E-state index is 11.4. The third-order valence-electron chi connectivity index (χ3n) is 8.57. The Kier molecular flexibility index (Phi) is 28.8. The summed E-state index contributed by atoms with van der Waals surface area (Å²) < 4.78 is 40.5. The number of rotatable bonds is 32. The first-order chi connectivity index (χ1) is 23.4. The highest BCUT2D eigenvalue weighted by Crippen LogP contribution is 2.35. The fraction of sp³-hybridized carbons (Fsp3) is 0.714. The first-order valence-corrected chi connectivity index (χ1v) is 21.3. The molecule has 1 fully saturated rings. The molecule has 0 aromatic heterocycles. The van der Waals surface area contributed by atoms with Crippen molar-refractivity contribution in [2.75, 3.05) is 19.5 Å². The maximum atomic E-state index is 11.4. The van der Waals surface area contributed by atoms with Crippen molar-refractivity contribution in [3.05, 3.63) is 72.9 Å². The predicted octanol–water partition coefficient (Wildman–Crippen LogP) is 12.4. The van der Waals surface area contributed by atoms with Gasteiger partial charge in [0.1, 0.15) is 0 Å². The molecule has 6 heteroatoms. The van der Waals surface area contributed by atoms with Crippen LogP contribution in [0.15, 0.2) is 72.9 Å². The molecular weight excluding hydrogens is 617 g/mol. The van der Waals surface area contributed by atoms with Gasteiger partial charge in [-0.05, 0) is 77.0 Å². The Morgan fingerprint density at radius 1 is 0.583 bits per heavy atom. The summed E-state index contributed by atoms with van der Waals surface area (Å²) in [5, 5.41) is 0. The molecular formula is C42H72O5S. The van der Waals surface area contributed by atoms with Crippen molar-refractivity contribution in [3.8, 4) is 0 Å². The smallest absolute Gasteiger partial charge is 0.264 e. The molecule has 1 aliphatic heterocycles. The van der Waals surface area contributed by atoms with E-state index in [-0.39, 0.29) is 12.7 Å². The maximum Gasteiger partial charge on any atom is 0.264 e. The number of allylic oxidation sites excluding steroid dienone is 12. The summed E-state index contributed by atoms with van der Waals surface area (Å²) in [6, 6.07) is 0. The minimum atomic E-state index is -3.43. The fourth-order valence-electron chi connectivity index (χ4n) is 5.86. The Morgan fingerprint density at radius 3 is 1.42 bits per heavy atom. The van der Waals surface area contributed by atoms with Gasteiger partial charge in [0.05, 0.1) is 25.6 Å². The van der Waals surface area contributed by atoms with Gasteiger partial charge < -0.3 is 9.47 Å². The first kappa shape index (κ1) is 44.3. The molecule has 0 N–H and O–H groups in total. The summed E-state index contributed by atoms with van der Waals surface area (Å²) in [7, 11) is -3.43. The number of unbranched alkanes of at least 4 members (excludes halogenated alkanes) is 12. The summed E-state index contributed by atoms with van der Waals surface area (Å²) in [5.74, 6) is -0.521. The molecule has 0 aromatic carbocycles. The van der Waals surface area contributed by atoms with Gasteiger partial charge in [0.25, 0.3) is 10.1 Å². The van der Waals surface area contributed by atoms with E-state index in [2.05, 4.69) is 86.8 Å². The normalized spacial score (nSPS) is 17.3. The van der Waals surface area contributed by atoms with Crippen molar-refractivity contribution >= 4 is 10.1 Å². The van der Waals surface area contributed by atoms with Crippen LogP contribution in [0.5, 0.6) is 0 Å². The molecule has 0 radical (unpaired) electrons. The molecule has 0 aromatic rings. The molecule has 1 atom stereocenters. The van der Waals surface area contributed by atoms with Crippen LogP contribution in [0.1, 0.15) is 162 Å². The lowest BCUT2D eigenvalue weighted by molar-refractivity contribution is -0.180. The third-order valence-corrected chi connectivity index (χ3v) is 9.16. The molecule has 1 unspecified atom stereocenters. The molecule has 1 rings (SSSR count). The number of hydrogen-bond acceptors (Lipinski definition) is 5. The molecule has 1 heterocycles. The van der Waals surface area contributed by atoms with E-state index in [4.69, 9.17) is 13.7 Å². The minimum absolute atomic E-state index is 0.102. The van der Waals surface area contributed by atoms with Crippen molar-refractivity contribution in [3.63, 3.8) is 0 Å². The molecule has 1 saturated heterocycles. The monoisotopic (exact) mass is 689 g/mol. The average Bonchev–Trinajstić information content (AvgIpc) is 3.46. The van der Waals surface area contributed by atoms with Crippen molar-refractivity contribution in [1.29, 1.82) is 0 Å². The minimum Gasteiger partial charge on any atom is -0.347 e. The molecule has 0 saturated carbocycles. The van der Waals surface area contributed by atoms with Crippen molar-refractivity contribution < 1.29 is 22.1 Å². The highest BCUT2D eigenvalue weighted by Gasteiger charge is 2.40. The standard InChI is InChI=1S/C42H72O5S/c1-4-6-8-10-12-14-16-18-20-22-24-26-28-30-32-34-37-42(45-40-41(47-42)36-39-46-48(3,43)44)38-35-33-31-29-27-25-23-21-19-17-15-13-11-9-7-5-2/h6-9,12-15,18-21,41H,4-5,10-11,16-17,22-40H2,1-3H3/b8-6-,9-7-,14-12-,15-13-,20-18-,21-19-. The lowest BCUT2D eigenvalue weighted by atomic mass is 9.98. The van der Waals surface area contributed by atoms with Crippen LogP contribution in [0.3, 0.4) is 0 Å². The second kappa shape index (κ2) is 31.3. The van der Waals surface area contributed by atoms with E-state index in [9.17, 15) is 8.42 Å². The van der Waals surface area contributed by atoms with Crippen LogP contribution < -0.4 is 0 Å². The Labute approximate surface area is 297 Å². The molecule has 48 heavy (non-hydrogen) atoms. The molecule has 0 amide bonds. The highest BCUT2D eigenvalue weighted by molar-refractivity contribution is 7.85. The summed E-state index contributed by atoms with van der Waals surface area (Å²) >= 11 is 0. The van der Waals surface area contributed by atoms with Crippen LogP contribution in [-0.4, -0.2) is 39.8 Å². The second-order valence-electron chi connectivity index (χ2n) is 13.2. The van der Waals surface area contributed by atoms with Gasteiger partial charge >= 0.3 is 0 Å². The third kappa shape index (κ3) is 28.1. The van der Waals surface area contributed by atoms with Crippen LogP contribution >= 0.6 is 0 Å². The zero-order valence-electron chi connectivity index (χ0n) is 31.1. The number of hydrogen-bond donors (Lipinski definition) is 0. The van der Waals surface area contributed by atoms with Crippen LogP contribution in [0, 0.1) is 0 Å². The molecule has 1 aliphatic rings. The quantitative estimate of drug-likeness (QED) is 0.0400. The van der Waals surface area contributed by atoms with Gasteiger partial charge in [0.2, 0.25) is 0 Å². The van der Waals surface area contributed by atoms with Crippen molar-refractivity contribution in [1.82, 2.24) is 0 Å².